The summed E-state index contributed by atoms with van der Waals surface area (Å²) in [6.45, 7) is 7.86. The molecule has 0 spiro atoms. The summed E-state index contributed by atoms with van der Waals surface area (Å²) < 4.78 is 17.0. The van der Waals surface area contributed by atoms with Gasteiger partial charge in [0, 0.05) is 26.3 Å². The summed E-state index contributed by atoms with van der Waals surface area (Å²) in [6, 6.07) is 6.07. The summed E-state index contributed by atoms with van der Waals surface area (Å²) >= 11 is 0. The van der Waals surface area contributed by atoms with Gasteiger partial charge in [-0.15, -0.1) is 0 Å². The minimum atomic E-state index is 0.307. The molecule has 0 saturated heterocycles. The van der Waals surface area contributed by atoms with Crippen molar-refractivity contribution in [3.05, 3.63) is 23.8 Å². The molecule has 6 heteroatoms. The monoisotopic (exact) mass is 377 g/mol. The van der Waals surface area contributed by atoms with E-state index in [1.165, 1.54) is 12.8 Å². The lowest BCUT2D eigenvalue weighted by Gasteiger charge is -2.17. The Morgan fingerprint density at radius 3 is 2.67 bits per heavy atom. The number of benzene rings is 1. The molecular weight excluding hydrogens is 342 g/mol. The lowest BCUT2D eigenvalue weighted by Crippen LogP contribution is -2.38. The number of methoxy groups -OCH3 is 1. The number of ether oxygens (including phenoxy) is 3. The van der Waals surface area contributed by atoms with Crippen LogP contribution < -0.4 is 20.1 Å². The molecule has 0 bridgehead atoms. The van der Waals surface area contributed by atoms with E-state index in [4.69, 9.17) is 14.2 Å². The Balaban J connectivity index is 1.95. The van der Waals surface area contributed by atoms with E-state index in [1.54, 1.807) is 7.11 Å². The Morgan fingerprint density at radius 2 is 1.96 bits per heavy atom. The minimum absolute atomic E-state index is 0.307. The van der Waals surface area contributed by atoms with Crippen molar-refractivity contribution < 1.29 is 14.2 Å². The average molecular weight is 378 g/mol. The highest BCUT2D eigenvalue weighted by Gasteiger charge is 2.18. The van der Waals surface area contributed by atoms with Gasteiger partial charge >= 0.3 is 0 Å². The zero-order valence-electron chi connectivity index (χ0n) is 17.1. The number of hydrogen-bond acceptors (Lipinski definition) is 4. The van der Waals surface area contributed by atoms with E-state index >= 15 is 0 Å². The fraction of sp³-hybridized carbons (Fsp3) is 0.667. The molecule has 0 atom stereocenters. The smallest absolute Gasteiger partial charge is 0.191 e. The molecule has 1 fully saturated rings. The van der Waals surface area contributed by atoms with Gasteiger partial charge in [0.25, 0.3) is 0 Å². The summed E-state index contributed by atoms with van der Waals surface area (Å²) in [4.78, 5) is 4.69. The molecule has 2 rings (SSSR count). The third-order valence-corrected chi connectivity index (χ3v) is 4.55. The van der Waals surface area contributed by atoms with Gasteiger partial charge in [-0.1, -0.05) is 6.07 Å². The lowest BCUT2D eigenvalue weighted by molar-refractivity contribution is 0.145. The van der Waals surface area contributed by atoms with Gasteiger partial charge in [-0.3, -0.25) is 0 Å². The Bertz CT molecular complexity index is 572. The molecule has 2 N–H and O–H groups in total. The van der Waals surface area contributed by atoms with Crippen molar-refractivity contribution >= 4 is 5.96 Å². The number of nitrogens with zero attached hydrogens (tertiary/aromatic N) is 1. The number of aliphatic imine (C=N–C) groups is 1. The van der Waals surface area contributed by atoms with Crippen LogP contribution in [0.2, 0.25) is 0 Å². The van der Waals surface area contributed by atoms with Crippen LogP contribution in [0, 0.1) is 0 Å². The van der Waals surface area contributed by atoms with Crippen LogP contribution in [-0.4, -0.2) is 45.5 Å². The van der Waals surface area contributed by atoms with Gasteiger partial charge in [-0.05, 0) is 63.6 Å². The molecule has 1 aromatic carbocycles. The molecule has 27 heavy (non-hydrogen) atoms. The molecule has 1 aliphatic rings. The molecule has 6 nitrogen and oxygen atoms in total. The van der Waals surface area contributed by atoms with Crippen LogP contribution in [0.15, 0.2) is 23.2 Å². The van der Waals surface area contributed by atoms with Gasteiger partial charge in [-0.2, -0.15) is 0 Å². The fourth-order valence-electron chi connectivity index (χ4n) is 3.13. The van der Waals surface area contributed by atoms with Gasteiger partial charge in [0.05, 0.1) is 19.8 Å². The van der Waals surface area contributed by atoms with E-state index in [-0.39, 0.29) is 0 Å². The normalized spacial score (nSPS) is 15.0. The maximum absolute atomic E-state index is 6.18. The van der Waals surface area contributed by atoms with E-state index < -0.39 is 0 Å². The first kappa shape index (κ1) is 21.4. The second-order valence-electron chi connectivity index (χ2n) is 6.68. The van der Waals surface area contributed by atoms with E-state index in [2.05, 4.69) is 28.6 Å². The van der Waals surface area contributed by atoms with Crippen molar-refractivity contribution in [1.29, 1.82) is 0 Å². The van der Waals surface area contributed by atoms with Crippen molar-refractivity contribution in [1.82, 2.24) is 10.6 Å². The quantitative estimate of drug-likeness (QED) is 0.351. The SMILES string of the molecule is CCNC(=NCc1ccc(OC)c(OC2CCCC2)c1)NCCCOCC. The standard InChI is InChI=1S/C21H35N3O3/c1-4-22-21(23-13-8-14-26-5-2)24-16-17-11-12-19(25-3)20(15-17)27-18-9-6-7-10-18/h11-12,15,18H,4-10,13-14,16H2,1-3H3,(H2,22,23,24). The maximum Gasteiger partial charge on any atom is 0.191 e. The molecular formula is C21H35N3O3. The first-order chi connectivity index (χ1) is 13.3. The first-order valence-electron chi connectivity index (χ1n) is 10.2. The van der Waals surface area contributed by atoms with E-state index in [0.29, 0.717) is 12.6 Å². The number of nitrogens with one attached hydrogen (secondary N) is 2. The van der Waals surface area contributed by atoms with Crippen molar-refractivity contribution in [2.24, 2.45) is 4.99 Å². The van der Waals surface area contributed by atoms with Crippen LogP contribution >= 0.6 is 0 Å². The third-order valence-electron chi connectivity index (χ3n) is 4.55. The van der Waals surface area contributed by atoms with E-state index in [9.17, 15) is 0 Å². The van der Waals surface area contributed by atoms with Gasteiger partial charge in [0.2, 0.25) is 0 Å². The van der Waals surface area contributed by atoms with Crippen LogP contribution in [0.4, 0.5) is 0 Å². The number of rotatable bonds is 11. The van der Waals surface area contributed by atoms with Crippen molar-refractivity contribution in [2.45, 2.75) is 58.6 Å². The zero-order chi connectivity index (χ0) is 19.3. The fourth-order valence-corrected chi connectivity index (χ4v) is 3.13. The molecule has 1 aliphatic carbocycles. The minimum Gasteiger partial charge on any atom is -0.493 e. The highest BCUT2D eigenvalue weighted by Crippen LogP contribution is 2.32. The summed E-state index contributed by atoms with van der Waals surface area (Å²) in [5.74, 6) is 2.44. The third kappa shape index (κ3) is 7.67. The van der Waals surface area contributed by atoms with Crippen LogP contribution in [-0.2, 0) is 11.3 Å². The largest absolute Gasteiger partial charge is 0.493 e. The Kier molecular flexibility index (Phi) is 9.84. The molecule has 0 aromatic heterocycles. The molecule has 152 valence electrons. The van der Waals surface area contributed by atoms with Crippen LogP contribution in [0.3, 0.4) is 0 Å². The van der Waals surface area contributed by atoms with Crippen LogP contribution in [0.5, 0.6) is 11.5 Å². The Hall–Kier alpha value is -1.95. The predicted octanol–water partition coefficient (Wildman–Crippen LogP) is 3.50. The Morgan fingerprint density at radius 1 is 1.15 bits per heavy atom. The molecule has 1 saturated carbocycles. The zero-order valence-corrected chi connectivity index (χ0v) is 17.1. The van der Waals surface area contributed by atoms with Crippen molar-refractivity contribution in [2.75, 3.05) is 33.4 Å². The highest BCUT2D eigenvalue weighted by atomic mass is 16.5. The summed E-state index contributed by atoms with van der Waals surface area (Å²) in [7, 11) is 1.68. The summed E-state index contributed by atoms with van der Waals surface area (Å²) in [5.41, 5.74) is 1.11. The van der Waals surface area contributed by atoms with E-state index in [0.717, 1.165) is 68.6 Å². The number of hydrogen-bond donors (Lipinski definition) is 2. The molecule has 0 unspecified atom stereocenters. The predicted molar refractivity (Wildman–Crippen MR) is 110 cm³/mol. The molecule has 0 amide bonds. The topological polar surface area (TPSA) is 64.1 Å². The highest BCUT2D eigenvalue weighted by molar-refractivity contribution is 5.79. The van der Waals surface area contributed by atoms with Gasteiger partial charge in [-0.25, -0.2) is 4.99 Å². The molecule has 1 aromatic rings. The lowest BCUT2D eigenvalue weighted by atomic mass is 10.2. The second kappa shape index (κ2) is 12.4. The summed E-state index contributed by atoms with van der Waals surface area (Å²) in [6.07, 6.45) is 6.02. The molecule has 0 heterocycles. The van der Waals surface area contributed by atoms with Crippen molar-refractivity contribution in [3.63, 3.8) is 0 Å². The van der Waals surface area contributed by atoms with Crippen LogP contribution in [0.25, 0.3) is 0 Å². The molecule has 0 aliphatic heterocycles. The van der Waals surface area contributed by atoms with E-state index in [1.807, 2.05) is 19.1 Å². The second-order valence-corrected chi connectivity index (χ2v) is 6.68. The Labute approximate surface area is 163 Å². The maximum atomic E-state index is 6.18. The molecule has 0 radical (unpaired) electrons. The van der Waals surface area contributed by atoms with Crippen LogP contribution in [0.1, 0.15) is 51.5 Å². The van der Waals surface area contributed by atoms with Gasteiger partial charge in [0.15, 0.2) is 17.5 Å². The number of guanidine groups is 1. The first-order valence-corrected chi connectivity index (χ1v) is 10.2. The van der Waals surface area contributed by atoms with Crippen molar-refractivity contribution in [3.8, 4) is 11.5 Å². The van der Waals surface area contributed by atoms with Gasteiger partial charge in [0.1, 0.15) is 0 Å². The average Bonchev–Trinajstić information content (AvgIpc) is 3.19. The summed E-state index contributed by atoms with van der Waals surface area (Å²) in [5, 5.41) is 6.63. The van der Waals surface area contributed by atoms with Gasteiger partial charge < -0.3 is 24.8 Å².